The van der Waals surface area contributed by atoms with E-state index in [-0.39, 0.29) is 11.9 Å². The van der Waals surface area contributed by atoms with Crippen molar-refractivity contribution in [3.05, 3.63) is 29.3 Å². The van der Waals surface area contributed by atoms with E-state index < -0.39 is 0 Å². The molecule has 0 bridgehead atoms. The van der Waals surface area contributed by atoms with Crippen LogP contribution in [0, 0.1) is 0 Å². The van der Waals surface area contributed by atoms with Crippen molar-refractivity contribution in [2.45, 2.75) is 32.2 Å². The fourth-order valence-electron chi connectivity index (χ4n) is 3.10. The normalized spacial score (nSPS) is 17.6. The van der Waals surface area contributed by atoms with E-state index >= 15 is 0 Å². The quantitative estimate of drug-likeness (QED) is 0.844. The Morgan fingerprint density at radius 1 is 1.29 bits per heavy atom. The van der Waals surface area contributed by atoms with E-state index in [1.807, 2.05) is 28.5 Å². The number of methoxy groups -OCH3 is 2. The van der Waals surface area contributed by atoms with Crippen LogP contribution in [0.1, 0.15) is 36.7 Å². The van der Waals surface area contributed by atoms with Crippen molar-refractivity contribution in [1.82, 2.24) is 9.88 Å². The Balaban J connectivity index is 1.90. The van der Waals surface area contributed by atoms with Crippen LogP contribution in [0.5, 0.6) is 11.5 Å². The van der Waals surface area contributed by atoms with E-state index in [9.17, 15) is 4.79 Å². The summed E-state index contributed by atoms with van der Waals surface area (Å²) in [6.07, 6.45) is 3.32. The summed E-state index contributed by atoms with van der Waals surface area (Å²) in [7, 11) is 3.21. The predicted octanol–water partition coefficient (Wildman–Crippen LogP) is 3.84. The predicted molar refractivity (Wildman–Crippen MR) is 95.0 cm³/mol. The lowest BCUT2D eigenvalue weighted by Crippen LogP contribution is -2.42. The number of piperidine rings is 1. The van der Waals surface area contributed by atoms with Gasteiger partial charge in [0.2, 0.25) is 0 Å². The van der Waals surface area contributed by atoms with Gasteiger partial charge in [-0.25, -0.2) is 4.98 Å². The van der Waals surface area contributed by atoms with E-state index in [2.05, 4.69) is 11.9 Å². The van der Waals surface area contributed by atoms with Crippen LogP contribution in [0.4, 0.5) is 0 Å². The number of ether oxygens (including phenoxy) is 2. The van der Waals surface area contributed by atoms with Gasteiger partial charge in [-0.15, -0.1) is 11.3 Å². The zero-order valence-electron chi connectivity index (χ0n) is 14.2. The number of rotatable bonds is 4. The second-order valence-corrected chi connectivity index (χ2v) is 6.78. The Morgan fingerprint density at radius 3 is 2.83 bits per heavy atom. The van der Waals surface area contributed by atoms with Gasteiger partial charge in [-0.1, -0.05) is 6.07 Å². The molecule has 6 heteroatoms. The van der Waals surface area contributed by atoms with Crippen LogP contribution in [-0.2, 0) is 0 Å². The number of carbonyl (C=O) groups excluding carboxylic acids is 1. The molecule has 5 nitrogen and oxygen atoms in total. The standard InChI is InChI=1S/C18H22N2O3S/c1-12-7-4-5-10-20(12)18(21)14-11-24-17(19-14)13-8-6-9-15(22-2)16(13)23-3/h6,8-9,11-12H,4-5,7,10H2,1-3H3. The van der Waals surface area contributed by atoms with Gasteiger partial charge in [0.25, 0.3) is 5.91 Å². The number of nitrogens with zero attached hydrogens (tertiary/aromatic N) is 2. The number of likely N-dealkylation sites (tertiary alicyclic amines) is 1. The summed E-state index contributed by atoms with van der Waals surface area (Å²) >= 11 is 1.45. The number of carbonyl (C=O) groups is 1. The van der Waals surface area contributed by atoms with Crippen molar-refractivity contribution in [1.29, 1.82) is 0 Å². The number of hydrogen-bond acceptors (Lipinski definition) is 5. The van der Waals surface area contributed by atoms with Gasteiger partial charge >= 0.3 is 0 Å². The van der Waals surface area contributed by atoms with Crippen LogP contribution in [0.2, 0.25) is 0 Å². The van der Waals surface area contributed by atoms with Gasteiger partial charge < -0.3 is 14.4 Å². The summed E-state index contributed by atoms with van der Waals surface area (Å²) < 4.78 is 10.8. The third-order valence-corrected chi connectivity index (χ3v) is 5.30. The lowest BCUT2D eigenvalue weighted by molar-refractivity contribution is 0.0630. The Kier molecular flexibility index (Phi) is 5.04. The maximum absolute atomic E-state index is 12.7. The van der Waals surface area contributed by atoms with Crippen LogP contribution < -0.4 is 9.47 Å². The molecule has 1 amide bonds. The molecule has 2 aromatic rings. The Bertz CT molecular complexity index is 729. The van der Waals surface area contributed by atoms with Crippen molar-refractivity contribution < 1.29 is 14.3 Å². The van der Waals surface area contributed by atoms with Crippen molar-refractivity contribution >= 4 is 17.2 Å². The van der Waals surface area contributed by atoms with Gasteiger partial charge in [0, 0.05) is 18.0 Å². The molecule has 1 aromatic heterocycles. The second kappa shape index (κ2) is 7.21. The first kappa shape index (κ1) is 16.8. The van der Waals surface area contributed by atoms with Crippen LogP contribution in [-0.4, -0.2) is 42.6 Å². The van der Waals surface area contributed by atoms with Crippen molar-refractivity contribution in [2.24, 2.45) is 0 Å². The summed E-state index contributed by atoms with van der Waals surface area (Å²) in [5.74, 6) is 1.31. The lowest BCUT2D eigenvalue weighted by atomic mass is 10.0. The van der Waals surface area contributed by atoms with E-state index in [1.165, 1.54) is 17.8 Å². The molecule has 1 aliphatic heterocycles. The number of amides is 1. The smallest absolute Gasteiger partial charge is 0.273 e. The molecular weight excluding hydrogens is 324 g/mol. The molecule has 0 spiro atoms. The van der Waals surface area contributed by atoms with E-state index in [0.717, 1.165) is 30.0 Å². The minimum atomic E-state index is 0.0200. The number of hydrogen-bond donors (Lipinski definition) is 0. The van der Waals surface area contributed by atoms with Gasteiger partial charge in [-0.3, -0.25) is 4.79 Å². The number of thiazole rings is 1. The average Bonchev–Trinajstić information content (AvgIpc) is 3.10. The second-order valence-electron chi connectivity index (χ2n) is 5.92. The third-order valence-electron chi connectivity index (χ3n) is 4.42. The molecule has 0 N–H and O–H groups in total. The van der Waals surface area contributed by atoms with Crippen LogP contribution in [0.25, 0.3) is 10.6 Å². The Hall–Kier alpha value is -2.08. The first-order chi connectivity index (χ1) is 11.7. The van der Waals surface area contributed by atoms with Crippen molar-refractivity contribution in [3.8, 4) is 22.1 Å². The molecule has 1 aromatic carbocycles. The van der Waals surface area contributed by atoms with Crippen molar-refractivity contribution in [3.63, 3.8) is 0 Å². The monoisotopic (exact) mass is 346 g/mol. The summed E-state index contributed by atoms with van der Waals surface area (Å²) in [4.78, 5) is 19.2. The minimum absolute atomic E-state index is 0.0200. The molecule has 2 heterocycles. The molecular formula is C18H22N2O3S. The Morgan fingerprint density at radius 2 is 2.12 bits per heavy atom. The zero-order valence-corrected chi connectivity index (χ0v) is 15.1. The number of para-hydroxylation sites is 1. The molecule has 1 unspecified atom stereocenters. The van der Waals surface area contributed by atoms with Crippen molar-refractivity contribution in [2.75, 3.05) is 20.8 Å². The zero-order chi connectivity index (χ0) is 17.1. The molecule has 0 saturated carbocycles. The summed E-state index contributed by atoms with van der Waals surface area (Å²) in [6, 6.07) is 5.95. The first-order valence-corrected chi connectivity index (χ1v) is 9.01. The Labute approximate surface area is 146 Å². The van der Waals surface area contributed by atoms with Gasteiger partial charge in [0.05, 0.1) is 19.8 Å². The fourth-order valence-corrected chi connectivity index (χ4v) is 3.91. The molecule has 128 valence electrons. The summed E-state index contributed by atoms with van der Waals surface area (Å²) in [5.41, 5.74) is 1.35. The molecule has 1 fully saturated rings. The number of benzene rings is 1. The molecule has 1 saturated heterocycles. The number of aromatic nitrogens is 1. The summed E-state index contributed by atoms with van der Waals surface area (Å²) in [5, 5.41) is 2.59. The molecule has 24 heavy (non-hydrogen) atoms. The van der Waals surface area contributed by atoms with E-state index in [1.54, 1.807) is 14.2 Å². The van der Waals surface area contributed by atoms with Crippen LogP contribution >= 0.6 is 11.3 Å². The fraction of sp³-hybridized carbons (Fsp3) is 0.444. The van der Waals surface area contributed by atoms with Gasteiger partial charge in [0.1, 0.15) is 10.7 Å². The molecule has 1 aliphatic rings. The highest BCUT2D eigenvalue weighted by molar-refractivity contribution is 7.13. The largest absolute Gasteiger partial charge is 0.493 e. The highest BCUT2D eigenvalue weighted by Crippen LogP contribution is 2.39. The SMILES string of the molecule is COc1cccc(-c2nc(C(=O)N3CCCCC3C)cs2)c1OC. The first-order valence-electron chi connectivity index (χ1n) is 8.13. The molecule has 0 radical (unpaired) electrons. The average molecular weight is 346 g/mol. The molecule has 0 aliphatic carbocycles. The summed E-state index contributed by atoms with van der Waals surface area (Å²) in [6.45, 7) is 2.92. The van der Waals surface area contributed by atoms with E-state index in [0.29, 0.717) is 17.2 Å². The van der Waals surface area contributed by atoms with Crippen LogP contribution in [0.15, 0.2) is 23.6 Å². The van der Waals surface area contributed by atoms with Crippen LogP contribution in [0.3, 0.4) is 0 Å². The maximum Gasteiger partial charge on any atom is 0.273 e. The third kappa shape index (κ3) is 3.11. The van der Waals surface area contributed by atoms with Gasteiger partial charge in [-0.05, 0) is 38.3 Å². The minimum Gasteiger partial charge on any atom is -0.493 e. The highest BCUT2D eigenvalue weighted by Gasteiger charge is 2.26. The maximum atomic E-state index is 12.7. The topological polar surface area (TPSA) is 51.7 Å². The highest BCUT2D eigenvalue weighted by atomic mass is 32.1. The molecule has 3 rings (SSSR count). The van der Waals surface area contributed by atoms with Gasteiger partial charge in [0.15, 0.2) is 11.5 Å². The van der Waals surface area contributed by atoms with E-state index in [4.69, 9.17) is 9.47 Å². The van der Waals surface area contributed by atoms with Gasteiger partial charge in [-0.2, -0.15) is 0 Å². The molecule has 1 atom stereocenters. The lowest BCUT2D eigenvalue weighted by Gasteiger charge is -2.32.